The summed E-state index contributed by atoms with van der Waals surface area (Å²) in [6.45, 7) is 5.45. The minimum absolute atomic E-state index is 0.0878. The molecule has 0 atom stereocenters. The van der Waals surface area contributed by atoms with E-state index in [-0.39, 0.29) is 23.0 Å². The molecule has 0 aliphatic carbocycles. The van der Waals surface area contributed by atoms with Crippen molar-refractivity contribution in [3.63, 3.8) is 0 Å². The highest BCUT2D eigenvalue weighted by Gasteiger charge is 2.18. The topological polar surface area (TPSA) is 98.0 Å². The summed E-state index contributed by atoms with van der Waals surface area (Å²) >= 11 is 1.28. The van der Waals surface area contributed by atoms with Crippen molar-refractivity contribution in [3.8, 4) is 0 Å². The second kappa shape index (κ2) is 7.71. The molecule has 1 heterocycles. The van der Waals surface area contributed by atoms with Gasteiger partial charge in [0.25, 0.3) is 5.69 Å². The van der Waals surface area contributed by atoms with E-state index in [1.807, 2.05) is 31.2 Å². The summed E-state index contributed by atoms with van der Waals surface area (Å²) in [4.78, 5) is 31.9. The van der Waals surface area contributed by atoms with Gasteiger partial charge < -0.3 is 5.32 Å². The Morgan fingerprint density at radius 2 is 1.85 bits per heavy atom. The van der Waals surface area contributed by atoms with Crippen molar-refractivity contribution in [3.05, 3.63) is 63.5 Å². The van der Waals surface area contributed by atoms with E-state index in [1.165, 1.54) is 17.8 Å². The number of nitro groups is 1. The number of hydrogen-bond acceptors (Lipinski definition) is 6. The van der Waals surface area contributed by atoms with Gasteiger partial charge >= 0.3 is 0 Å². The van der Waals surface area contributed by atoms with Crippen LogP contribution in [0.4, 0.5) is 11.4 Å². The zero-order valence-electron chi connectivity index (χ0n) is 15.1. The Labute approximate surface area is 160 Å². The third-order valence-corrected chi connectivity index (χ3v) is 5.09. The predicted molar refractivity (Wildman–Crippen MR) is 106 cm³/mol. The van der Waals surface area contributed by atoms with Crippen molar-refractivity contribution in [2.45, 2.75) is 25.8 Å². The molecule has 0 fully saturated rings. The van der Waals surface area contributed by atoms with Crippen molar-refractivity contribution in [1.29, 1.82) is 0 Å². The molecule has 1 aromatic heterocycles. The van der Waals surface area contributed by atoms with Gasteiger partial charge in [0, 0.05) is 11.5 Å². The number of carbonyl (C=O) groups is 1. The first-order chi connectivity index (χ1) is 12.8. The summed E-state index contributed by atoms with van der Waals surface area (Å²) in [6, 6.07) is 10.7. The Kier molecular flexibility index (Phi) is 5.36. The van der Waals surface area contributed by atoms with Crippen LogP contribution in [0.3, 0.4) is 0 Å². The second-order valence-electron chi connectivity index (χ2n) is 6.14. The average molecular weight is 382 g/mol. The highest BCUT2D eigenvalue weighted by molar-refractivity contribution is 8.00. The Morgan fingerprint density at radius 3 is 2.59 bits per heavy atom. The van der Waals surface area contributed by atoms with E-state index < -0.39 is 4.92 Å². The molecular weight excluding hydrogens is 364 g/mol. The van der Waals surface area contributed by atoms with Gasteiger partial charge in [-0.25, -0.2) is 9.97 Å². The van der Waals surface area contributed by atoms with E-state index in [0.29, 0.717) is 10.9 Å². The normalized spacial score (nSPS) is 10.8. The number of anilines is 1. The molecule has 0 unspecified atom stereocenters. The van der Waals surface area contributed by atoms with Gasteiger partial charge in [0.15, 0.2) is 0 Å². The third-order valence-electron chi connectivity index (χ3n) is 4.10. The largest absolute Gasteiger partial charge is 0.320 e. The first-order valence-corrected chi connectivity index (χ1v) is 9.25. The SMILES string of the molecule is Cc1nc(SCC(=O)Nc2cc(C)c(C)cc2[N+](=O)[O-])c2ccccc2n1. The van der Waals surface area contributed by atoms with Crippen LogP contribution in [0.5, 0.6) is 0 Å². The van der Waals surface area contributed by atoms with Crippen LogP contribution in [0.2, 0.25) is 0 Å². The highest BCUT2D eigenvalue weighted by atomic mass is 32.2. The van der Waals surface area contributed by atoms with Gasteiger partial charge in [0.1, 0.15) is 16.5 Å². The molecule has 0 bridgehead atoms. The van der Waals surface area contributed by atoms with Crippen LogP contribution >= 0.6 is 11.8 Å². The lowest BCUT2D eigenvalue weighted by Gasteiger charge is -2.09. The molecule has 3 aromatic rings. The maximum Gasteiger partial charge on any atom is 0.293 e. The fourth-order valence-corrected chi connectivity index (χ4v) is 3.51. The number of amides is 1. The number of carbonyl (C=O) groups excluding carboxylic acids is 1. The molecule has 0 saturated heterocycles. The molecule has 2 aromatic carbocycles. The van der Waals surface area contributed by atoms with Crippen molar-refractivity contribution in [2.24, 2.45) is 0 Å². The number of rotatable bonds is 5. The lowest BCUT2D eigenvalue weighted by Crippen LogP contribution is -2.15. The van der Waals surface area contributed by atoms with Crippen LogP contribution in [0, 0.1) is 30.9 Å². The minimum atomic E-state index is -0.490. The maximum absolute atomic E-state index is 12.4. The molecule has 0 radical (unpaired) electrons. The van der Waals surface area contributed by atoms with Crippen LogP contribution in [-0.4, -0.2) is 26.6 Å². The molecule has 8 heteroatoms. The maximum atomic E-state index is 12.4. The summed E-state index contributed by atoms with van der Waals surface area (Å²) in [5.74, 6) is 0.387. The molecule has 3 rings (SSSR count). The van der Waals surface area contributed by atoms with Crippen molar-refractivity contribution >= 4 is 39.9 Å². The highest BCUT2D eigenvalue weighted by Crippen LogP contribution is 2.29. The molecule has 0 aliphatic rings. The van der Waals surface area contributed by atoms with E-state index in [9.17, 15) is 14.9 Å². The standard InChI is InChI=1S/C19H18N4O3S/c1-11-8-16(17(23(25)26)9-12(11)2)22-18(24)10-27-19-14-6-4-5-7-15(14)20-13(3)21-19/h4-9H,10H2,1-3H3,(H,22,24). The lowest BCUT2D eigenvalue weighted by molar-refractivity contribution is -0.384. The molecular formula is C19H18N4O3S. The predicted octanol–water partition coefficient (Wildman–Crippen LogP) is 4.19. The van der Waals surface area contributed by atoms with Crippen LogP contribution in [0.25, 0.3) is 10.9 Å². The number of hydrogen-bond donors (Lipinski definition) is 1. The molecule has 0 spiro atoms. The number of thioether (sulfide) groups is 1. The van der Waals surface area contributed by atoms with E-state index in [2.05, 4.69) is 15.3 Å². The van der Waals surface area contributed by atoms with E-state index >= 15 is 0 Å². The number of aromatic nitrogens is 2. The van der Waals surface area contributed by atoms with Gasteiger partial charge in [0.2, 0.25) is 5.91 Å². The average Bonchev–Trinajstić information content (AvgIpc) is 2.62. The third kappa shape index (κ3) is 4.22. The van der Waals surface area contributed by atoms with Crippen LogP contribution in [0.15, 0.2) is 41.4 Å². The number of nitrogens with zero attached hydrogens (tertiary/aromatic N) is 3. The fourth-order valence-electron chi connectivity index (χ4n) is 2.64. The fraction of sp³-hybridized carbons (Fsp3) is 0.211. The van der Waals surface area contributed by atoms with Crippen molar-refractivity contribution < 1.29 is 9.72 Å². The first kappa shape index (κ1) is 18.8. The van der Waals surface area contributed by atoms with Gasteiger partial charge in [-0.15, -0.1) is 0 Å². The molecule has 7 nitrogen and oxygen atoms in total. The smallest absolute Gasteiger partial charge is 0.293 e. The van der Waals surface area contributed by atoms with Crippen LogP contribution in [-0.2, 0) is 4.79 Å². The lowest BCUT2D eigenvalue weighted by atomic mass is 10.1. The number of fused-ring (bicyclic) bond motifs is 1. The summed E-state index contributed by atoms with van der Waals surface area (Å²) in [5, 5.41) is 15.5. The molecule has 1 amide bonds. The van der Waals surface area contributed by atoms with Gasteiger partial charge in [-0.3, -0.25) is 14.9 Å². The van der Waals surface area contributed by atoms with Gasteiger partial charge in [0.05, 0.1) is 16.2 Å². The van der Waals surface area contributed by atoms with Crippen LogP contribution < -0.4 is 5.32 Å². The van der Waals surface area contributed by atoms with Crippen molar-refractivity contribution in [1.82, 2.24) is 9.97 Å². The summed E-state index contributed by atoms with van der Waals surface area (Å²) in [5.41, 5.74) is 2.59. The quantitative estimate of drug-likeness (QED) is 0.307. The molecule has 0 aliphatic heterocycles. The molecule has 0 saturated carbocycles. The monoisotopic (exact) mass is 382 g/mol. The van der Waals surface area contributed by atoms with Crippen molar-refractivity contribution in [2.75, 3.05) is 11.1 Å². The summed E-state index contributed by atoms with van der Waals surface area (Å²) in [7, 11) is 0. The zero-order valence-corrected chi connectivity index (χ0v) is 16.0. The number of para-hydroxylation sites is 1. The van der Waals surface area contributed by atoms with E-state index in [4.69, 9.17) is 0 Å². The Balaban J connectivity index is 1.78. The van der Waals surface area contributed by atoms with E-state index in [0.717, 1.165) is 22.0 Å². The molecule has 27 heavy (non-hydrogen) atoms. The van der Waals surface area contributed by atoms with Gasteiger partial charge in [-0.2, -0.15) is 0 Å². The number of nitrogens with one attached hydrogen (secondary N) is 1. The Hall–Kier alpha value is -3.00. The Morgan fingerprint density at radius 1 is 1.15 bits per heavy atom. The van der Waals surface area contributed by atoms with Crippen LogP contribution in [0.1, 0.15) is 17.0 Å². The zero-order chi connectivity index (χ0) is 19.6. The number of nitro benzene ring substituents is 1. The second-order valence-corrected chi connectivity index (χ2v) is 7.10. The van der Waals surface area contributed by atoms with Gasteiger partial charge in [-0.1, -0.05) is 30.0 Å². The minimum Gasteiger partial charge on any atom is -0.320 e. The number of benzene rings is 2. The molecule has 1 N–H and O–H groups in total. The summed E-state index contributed by atoms with van der Waals surface area (Å²) in [6.07, 6.45) is 0. The van der Waals surface area contributed by atoms with Gasteiger partial charge in [-0.05, 0) is 44.0 Å². The Bertz CT molecular complexity index is 1050. The first-order valence-electron chi connectivity index (χ1n) is 8.27. The number of aryl methyl sites for hydroxylation is 3. The molecule has 138 valence electrons. The van der Waals surface area contributed by atoms with E-state index in [1.54, 1.807) is 19.9 Å². The summed E-state index contributed by atoms with van der Waals surface area (Å²) < 4.78 is 0.